The summed E-state index contributed by atoms with van der Waals surface area (Å²) in [5.41, 5.74) is 7.27. The van der Waals surface area contributed by atoms with E-state index < -0.39 is 0 Å². The highest BCUT2D eigenvalue weighted by atomic mass is 35.5. The Hall–Kier alpha value is -1.25. The summed E-state index contributed by atoms with van der Waals surface area (Å²) >= 11 is 0. The molecule has 0 aromatic heterocycles. The molecule has 2 aromatic carbocycles. The molecule has 0 unspecified atom stereocenters. The first kappa shape index (κ1) is 13.8. The molecule has 0 saturated carbocycles. The molecule has 2 nitrogen and oxygen atoms in total. The summed E-state index contributed by atoms with van der Waals surface area (Å²) in [6.45, 7) is 2.09. The number of rotatable bonds is 3. The molecule has 2 N–H and O–H groups in total. The molecule has 92 valence electrons. The standard InChI is InChI=1S/C14H17NO.ClH/c1-3-12(15)14-11-7-5-4-6-10(11)8-9-13(14)16-2;/h4-9,12H,3,15H2,1-2H3;1H/t12-;/m0./s1. The average Bonchev–Trinajstić information content (AvgIpc) is 2.36. The molecule has 1 atom stereocenters. The van der Waals surface area contributed by atoms with Crippen LogP contribution in [0.2, 0.25) is 0 Å². The van der Waals surface area contributed by atoms with Crippen molar-refractivity contribution in [1.29, 1.82) is 0 Å². The molecule has 0 aliphatic rings. The van der Waals surface area contributed by atoms with Gasteiger partial charge in [-0.1, -0.05) is 37.3 Å². The Morgan fingerprint density at radius 2 is 1.88 bits per heavy atom. The quantitative estimate of drug-likeness (QED) is 0.903. The van der Waals surface area contributed by atoms with Crippen LogP contribution < -0.4 is 10.5 Å². The first-order valence-electron chi connectivity index (χ1n) is 5.59. The third kappa shape index (κ3) is 2.54. The maximum absolute atomic E-state index is 6.16. The average molecular weight is 252 g/mol. The lowest BCUT2D eigenvalue weighted by Gasteiger charge is -2.16. The van der Waals surface area contributed by atoms with Crippen LogP contribution in [0.3, 0.4) is 0 Å². The van der Waals surface area contributed by atoms with Crippen molar-refractivity contribution in [2.45, 2.75) is 19.4 Å². The molecule has 0 fully saturated rings. The fraction of sp³-hybridized carbons (Fsp3) is 0.286. The van der Waals surface area contributed by atoms with Crippen molar-refractivity contribution in [2.75, 3.05) is 7.11 Å². The Labute approximate surface area is 108 Å². The van der Waals surface area contributed by atoms with Gasteiger partial charge in [-0.15, -0.1) is 12.4 Å². The van der Waals surface area contributed by atoms with Crippen molar-refractivity contribution in [3.8, 4) is 5.75 Å². The van der Waals surface area contributed by atoms with Crippen LogP contribution in [0.4, 0.5) is 0 Å². The van der Waals surface area contributed by atoms with Crippen LogP contribution in [0, 0.1) is 0 Å². The van der Waals surface area contributed by atoms with Crippen LogP contribution in [0.15, 0.2) is 36.4 Å². The smallest absolute Gasteiger partial charge is 0.124 e. The second-order valence-corrected chi connectivity index (χ2v) is 3.92. The highest BCUT2D eigenvalue weighted by Crippen LogP contribution is 2.33. The molecule has 3 heteroatoms. The normalized spacial score (nSPS) is 11.9. The number of methoxy groups -OCH3 is 1. The Kier molecular flexibility index (Phi) is 4.79. The van der Waals surface area contributed by atoms with Crippen molar-refractivity contribution >= 4 is 23.2 Å². The fourth-order valence-corrected chi connectivity index (χ4v) is 2.04. The topological polar surface area (TPSA) is 35.2 Å². The maximum Gasteiger partial charge on any atom is 0.124 e. The van der Waals surface area contributed by atoms with E-state index in [9.17, 15) is 0 Å². The number of fused-ring (bicyclic) bond motifs is 1. The summed E-state index contributed by atoms with van der Waals surface area (Å²) < 4.78 is 5.40. The van der Waals surface area contributed by atoms with Gasteiger partial charge >= 0.3 is 0 Å². The zero-order chi connectivity index (χ0) is 11.5. The van der Waals surface area contributed by atoms with Gasteiger partial charge in [0.1, 0.15) is 5.75 Å². The molecule has 0 radical (unpaired) electrons. The molecule has 17 heavy (non-hydrogen) atoms. The Morgan fingerprint density at radius 3 is 2.53 bits per heavy atom. The number of ether oxygens (including phenoxy) is 1. The number of nitrogens with two attached hydrogens (primary N) is 1. The lowest BCUT2D eigenvalue weighted by molar-refractivity contribution is 0.406. The highest BCUT2D eigenvalue weighted by Gasteiger charge is 2.13. The largest absolute Gasteiger partial charge is 0.496 e. The number of benzene rings is 2. The molecule has 0 bridgehead atoms. The van der Waals surface area contributed by atoms with Crippen LogP contribution in [0.1, 0.15) is 24.9 Å². The van der Waals surface area contributed by atoms with Gasteiger partial charge in [0.15, 0.2) is 0 Å². The van der Waals surface area contributed by atoms with E-state index >= 15 is 0 Å². The minimum atomic E-state index is 0. The van der Waals surface area contributed by atoms with E-state index in [2.05, 4.69) is 25.1 Å². The Bertz CT molecular complexity index is 499. The summed E-state index contributed by atoms with van der Waals surface area (Å²) in [7, 11) is 1.69. The zero-order valence-electron chi connectivity index (χ0n) is 10.1. The molecule has 0 saturated heterocycles. The molecule has 0 aliphatic heterocycles. The van der Waals surface area contributed by atoms with Crippen molar-refractivity contribution in [3.63, 3.8) is 0 Å². The molecule has 0 heterocycles. The summed E-state index contributed by atoms with van der Waals surface area (Å²) in [5.74, 6) is 0.882. The van der Waals surface area contributed by atoms with Crippen LogP contribution >= 0.6 is 12.4 Å². The maximum atomic E-state index is 6.16. The van der Waals surface area contributed by atoms with E-state index in [0.29, 0.717) is 0 Å². The Balaban J connectivity index is 0.00000144. The van der Waals surface area contributed by atoms with Gasteiger partial charge < -0.3 is 10.5 Å². The third-order valence-corrected chi connectivity index (χ3v) is 2.96. The minimum Gasteiger partial charge on any atom is -0.496 e. The predicted octanol–water partition coefficient (Wildman–Crippen LogP) is 3.68. The van der Waals surface area contributed by atoms with Crippen LogP contribution in [0.5, 0.6) is 5.75 Å². The molecular formula is C14H18ClNO. The second kappa shape index (κ2) is 5.89. The minimum absolute atomic E-state index is 0. The molecule has 0 aliphatic carbocycles. The first-order chi connectivity index (χ1) is 7.77. The molecule has 2 aromatic rings. The van der Waals surface area contributed by atoms with Gasteiger partial charge in [-0.2, -0.15) is 0 Å². The van der Waals surface area contributed by atoms with Gasteiger partial charge in [0.05, 0.1) is 7.11 Å². The van der Waals surface area contributed by atoms with Gasteiger partial charge in [0, 0.05) is 11.6 Å². The van der Waals surface area contributed by atoms with Gasteiger partial charge in [0.25, 0.3) is 0 Å². The number of hydrogen-bond acceptors (Lipinski definition) is 2. The van der Waals surface area contributed by atoms with Crippen LogP contribution in [-0.2, 0) is 0 Å². The molecular weight excluding hydrogens is 234 g/mol. The lowest BCUT2D eigenvalue weighted by Crippen LogP contribution is -2.10. The van der Waals surface area contributed by atoms with Crippen LogP contribution in [-0.4, -0.2) is 7.11 Å². The van der Waals surface area contributed by atoms with Gasteiger partial charge in [-0.25, -0.2) is 0 Å². The van der Waals surface area contributed by atoms with E-state index in [-0.39, 0.29) is 18.4 Å². The molecule has 2 rings (SSSR count). The molecule has 0 spiro atoms. The van der Waals surface area contributed by atoms with Gasteiger partial charge in [-0.05, 0) is 23.3 Å². The van der Waals surface area contributed by atoms with E-state index in [1.165, 1.54) is 10.8 Å². The molecule has 0 amide bonds. The van der Waals surface area contributed by atoms with E-state index in [0.717, 1.165) is 17.7 Å². The van der Waals surface area contributed by atoms with E-state index in [1.54, 1.807) is 7.11 Å². The lowest BCUT2D eigenvalue weighted by atomic mass is 9.97. The van der Waals surface area contributed by atoms with Crippen molar-refractivity contribution in [1.82, 2.24) is 0 Å². The van der Waals surface area contributed by atoms with E-state index in [4.69, 9.17) is 10.5 Å². The number of halogens is 1. The van der Waals surface area contributed by atoms with Crippen molar-refractivity contribution in [3.05, 3.63) is 42.0 Å². The monoisotopic (exact) mass is 251 g/mol. The SMILES string of the molecule is CC[C@H](N)c1c(OC)ccc2ccccc12.Cl. The predicted molar refractivity (Wildman–Crippen MR) is 75.0 cm³/mol. The van der Waals surface area contributed by atoms with Crippen molar-refractivity contribution < 1.29 is 4.74 Å². The third-order valence-electron chi connectivity index (χ3n) is 2.96. The Morgan fingerprint density at radius 1 is 1.18 bits per heavy atom. The summed E-state index contributed by atoms with van der Waals surface area (Å²) in [6, 6.07) is 12.4. The zero-order valence-corrected chi connectivity index (χ0v) is 11.0. The van der Waals surface area contributed by atoms with E-state index in [1.807, 2.05) is 18.2 Å². The highest BCUT2D eigenvalue weighted by molar-refractivity contribution is 5.88. The van der Waals surface area contributed by atoms with Crippen LogP contribution in [0.25, 0.3) is 10.8 Å². The summed E-state index contributed by atoms with van der Waals surface area (Å²) in [5, 5.41) is 2.40. The first-order valence-corrected chi connectivity index (χ1v) is 5.59. The van der Waals surface area contributed by atoms with Gasteiger partial charge in [-0.3, -0.25) is 0 Å². The summed E-state index contributed by atoms with van der Waals surface area (Å²) in [4.78, 5) is 0. The summed E-state index contributed by atoms with van der Waals surface area (Å²) in [6.07, 6.45) is 0.907. The number of hydrogen-bond donors (Lipinski definition) is 1. The van der Waals surface area contributed by atoms with Gasteiger partial charge in [0.2, 0.25) is 0 Å². The fourth-order valence-electron chi connectivity index (χ4n) is 2.04. The van der Waals surface area contributed by atoms with Crippen molar-refractivity contribution in [2.24, 2.45) is 5.73 Å². The second-order valence-electron chi connectivity index (χ2n) is 3.92.